The molecule has 0 saturated carbocycles. The third-order valence-electron chi connectivity index (χ3n) is 2.93. The number of hydrogen-bond acceptors (Lipinski definition) is 3. The number of carbonyl (C=O) groups is 1. The lowest BCUT2D eigenvalue weighted by atomic mass is 10.2. The molecule has 1 heterocycles. The van der Waals surface area contributed by atoms with Crippen molar-refractivity contribution in [3.63, 3.8) is 0 Å². The van der Waals surface area contributed by atoms with Crippen molar-refractivity contribution >= 4 is 17.2 Å². The van der Waals surface area contributed by atoms with Crippen molar-refractivity contribution in [3.05, 3.63) is 51.2 Å². The van der Waals surface area contributed by atoms with E-state index < -0.39 is 0 Å². The van der Waals surface area contributed by atoms with Crippen LogP contribution in [0.1, 0.15) is 25.7 Å². The zero-order valence-corrected chi connectivity index (χ0v) is 12.8. The lowest BCUT2D eigenvalue weighted by molar-refractivity contribution is 0.0947. The minimum Gasteiger partial charge on any atom is -0.492 e. The van der Waals surface area contributed by atoms with Gasteiger partial charge < -0.3 is 10.1 Å². The number of thiophene rings is 1. The highest BCUT2D eigenvalue weighted by Crippen LogP contribution is 2.20. The van der Waals surface area contributed by atoms with Crippen LogP contribution < -0.4 is 10.1 Å². The molecular weight excluding hydrogens is 270 g/mol. The SMILES string of the molecule is Cc1cccc(OCCNC(=O)c2cc(C)sc2C)c1. The number of ether oxygens (including phenoxy) is 1. The van der Waals surface area contributed by atoms with Crippen molar-refractivity contribution in [1.82, 2.24) is 5.32 Å². The average molecular weight is 289 g/mol. The Labute approximate surface area is 123 Å². The van der Waals surface area contributed by atoms with E-state index in [2.05, 4.69) is 5.32 Å². The first-order valence-electron chi connectivity index (χ1n) is 6.61. The lowest BCUT2D eigenvalue weighted by Crippen LogP contribution is -2.28. The minimum atomic E-state index is -0.0281. The maximum atomic E-state index is 12.0. The minimum absolute atomic E-state index is 0.0281. The van der Waals surface area contributed by atoms with Gasteiger partial charge in [0.1, 0.15) is 12.4 Å². The zero-order valence-electron chi connectivity index (χ0n) is 12.0. The number of rotatable bonds is 5. The molecule has 0 saturated heterocycles. The van der Waals surface area contributed by atoms with Gasteiger partial charge in [0.25, 0.3) is 5.91 Å². The Morgan fingerprint density at radius 1 is 1.25 bits per heavy atom. The molecular formula is C16H19NO2S. The molecule has 4 heteroatoms. The van der Waals surface area contributed by atoms with Crippen LogP contribution in [0.2, 0.25) is 0 Å². The number of carbonyl (C=O) groups excluding carboxylic acids is 1. The molecule has 3 nitrogen and oxygen atoms in total. The van der Waals surface area contributed by atoms with Gasteiger partial charge in [0.2, 0.25) is 0 Å². The second kappa shape index (κ2) is 6.57. The number of benzene rings is 1. The molecule has 0 aliphatic rings. The summed E-state index contributed by atoms with van der Waals surface area (Å²) in [5, 5.41) is 2.88. The normalized spacial score (nSPS) is 10.3. The van der Waals surface area contributed by atoms with E-state index in [1.165, 1.54) is 0 Å². The molecule has 0 aliphatic carbocycles. The maximum absolute atomic E-state index is 12.0. The van der Waals surface area contributed by atoms with E-state index in [1.807, 2.05) is 51.1 Å². The summed E-state index contributed by atoms with van der Waals surface area (Å²) in [5.74, 6) is 0.807. The molecule has 2 rings (SSSR count). The summed E-state index contributed by atoms with van der Waals surface area (Å²) >= 11 is 1.64. The van der Waals surface area contributed by atoms with Crippen LogP contribution in [-0.2, 0) is 0 Å². The Morgan fingerprint density at radius 2 is 2.05 bits per heavy atom. The molecule has 0 unspecified atom stereocenters. The van der Waals surface area contributed by atoms with E-state index in [1.54, 1.807) is 11.3 Å². The fourth-order valence-corrected chi connectivity index (χ4v) is 2.91. The van der Waals surface area contributed by atoms with E-state index in [9.17, 15) is 4.79 Å². The largest absolute Gasteiger partial charge is 0.492 e. The van der Waals surface area contributed by atoms with Crippen molar-refractivity contribution in [2.45, 2.75) is 20.8 Å². The van der Waals surface area contributed by atoms with Gasteiger partial charge in [-0.2, -0.15) is 0 Å². The van der Waals surface area contributed by atoms with Gasteiger partial charge in [-0.1, -0.05) is 12.1 Å². The van der Waals surface area contributed by atoms with Gasteiger partial charge in [-0.05, 0) is 44.5 Å². The lowest BCUT2D eigenvalue weighted by Gasteiger charge is -2.08. The first-order valence-corrected chi connectivity index (χ1v) is 7.42. The fourth-order valence-electron chi connectivity index (χ4n) is 1.99. The summed E-state index contributed by atoms with van der Waals surface area (Å²) < 4.78 is 5.60. The van der Waals surface area contributed by atoms with Crippen LogP contribution in [0.4, 0.5) is 0 Å². The maximum Gasteiger partial charge on any atom is 0.252 e. The van der Waals surface area contributed by atoms with Crippen molar-refractivity contribution in [1.29, 1.82) is 0 Å². The summed E-state index contributed by atoms with van der Waals surface area (Å²) in [7, 11) is 0. The summed E-state index contributed by atoms with van der Waals surface area (Å²) in [4.78, 5) is 14.2. The molecule has 20 heavy (non-hydrogen) atoms. The van der Waals surface area contributed by atoms with Gasteiger partial charge in [-0.3, -0.25) is 4.79 Å². The number of amides is 1. The van der Waals surface area contributed by atoms with E-state index >= 15 is 0 Å². The highest BCUT2D eigenvalue weighted by atomic mass is 32.1. The van der Waals surface area contributed by atoms with Gasteiger partial charge >= 0.3 is 0 Å². The van der Waals surface area contributed by atoms with E-state index in [4.69, 9.17) is 4.74 Å². The highest BCUT2D eigenvalue weighted by Gasteiger charge is 2.10. The molecule has 1 amide bonds. The second-order valence-electron chi connectivity index (χ2n) is 4.75. The molecule has 2 aromatic rings. The first-order chi connectivity index (χ1) is 9.56. The van der Waals surface area contributed by atoms with Gasteiger partial charge in [0, 0.05) is 9.75 Å². The zero-order chi connectivity index (χ0) is 14.5. The van der Waals surface area contributed by atoms with E-state index in [0.717, 1.165) is 26.6 Å². The quantitative estimate of drug-likeness (QED) is 0.856. The predicted molar refractivity (Wildman–Crippen MR) is 82.8 cm³/mol. The van der Waals surface area contributed by atoms with Crippen LogP contribution in [-0.4, -0.2) is 19.1 Å². The molecule has 0 spiro atoms. The topological polar surface area (TPSA) is 38.3 Å². The van der Waals surface area contributed by atoms with Crippen molar-refractivity contribution < 1.29 is 9.53 Å². The summed E-state index contributed by atoms with van der Waals surface area (Å²) in [6.45, 7) is 6.97. The summed E-state index contributed by atoms with van der Waals surface area (Å²) in [6.07, 6.45) is 0. The number of hydrogen-bond donors (Lipinski definition) is 1. The molecule has 1 aromatic carbocycles. The molecule has 0 bridgehead atoms. The van der Waals surface area contributed by atoms with Gasteiger partial charge in [-0.15, -0.1) is 11.3 Å². The van der Waals surface area contributed by atoms with Crippen LogP contribution in [0.25, 0.3) is 0 Å². The van der Waals surface area contributed by atoms with Gasteiger partial charge in [-0.25, -0.2) is 0 Å². The molecule has 1 aromatic heterocycles. The summed E-state index contributed by atoms with van der Waals surface area (Å²) in [6, 6.07) is 9.81. The van der Waals surface area contributed by atoms with Gasteiger partial charge in [0.15, 0.2) is 0 Å². The molecule has 0 atom stereocenters. The molecule has 106 valence electrons. The number of aryl methyl sites for hydroxylation is 3. The average Bonchev–Trinajstić information content (AvgIpc) is 2.74. The Hall–Kier alpha value is -1.81. The first kappa shape index (κ1) is 14.6. The monoisotopic (exact) mass is 289 g/mol. The highest BCUT2D eigenvalue weighted by molar-refractivity contribution is 7.12. The molecule has 1 N–H and O–H groups in total. The van der Waals surface area contributed by atoms with Crippen LogP contribution >= 0.6 is 11.3 Å². The van der Waals surface area contributed by atoms with E-state index in [0.29, 0.717) is 13.2 Å². The molecule has 0 radical (unpaired) electrons. The second-order valence-corrected chi connectivity index (χ2v) is 6.21. The van der Waals surface area contributed by atoms with E-state index in [-0.39, 0.29) is 5.91 Å². The van der Waals surface area contributed by atoms with Gasteiger partial charge in [0.05, 0.1) is 12.1 Å². The summed E-state index contributed by atoms with van der Waals surface area (Å²) in [5.41, 5.74) is 1.93. The third kappa shape index (κ3) is 3.84. The van der Waals surface area contributed by atoms with Crippen LogP contribution in [0.15, 0.2) is 30.3 Å². The number of nitrogens with one attached hydrogen (secondary N) is 1. The van der Waals surface area contributed by atoms with Crippen molar-refractivity contribution in [2.24, 2.45) is 0 Å². The smallest absolute Gasteiger partial charge is 0.252 e. The van der Waals surface area contributed by atoms with Crippen molar-refractivity contribution in [2.75, 3.05) is 13.2 Å². The fraction of sp³-hybridized carbons (Fsp3) is 0.312. The Kier molecular flexibility index (Phi) is 4.79. The predicted octanol–water partition coefficient (Wildman–Crippen LogP) is 3.48. The Bertz CT molecular complexity index is 604. The van der Waals surface area contributed by atoms with Crippen LogP contribution in [0.5, 0.6) is 5.75 Å². The Morgan fingerprint density at radius 3 is 2.70 bits per heavy atom. The standard InChI is InChI=1S/C16H19NO2S/c1-11-5-4-6-14(9-11)19-8-7-17-16(18)15-10-12(2)20-13(15)3/h4-6,9-10H,7-8H2,1-3H3,(H,17,18). The third-order valence-corrected chi connectivity index (χ3v) is 3.90. The molecule has 0 aliphatic heterocycles. The van der Waals surface area contributed by atoms with Crippen molar-refractivity contribution in [3.8, 4) is 5.75 Å². The van der Waals surface area contributed by atoms with Crippen LogP contribution in [0, 0.1) is 20.8 Å². The Balaban J connectivity index is 1.79. The van der Waals surface area contributed by atoms with Crippen LogP contribution in [0.3, 0.4) is 0 Å². The molecule has 0 fully saturated rings.